The fourth-order valence-corrected chi connectivity index (χ4v) is 4.69. The van der Waals surface area contributed by atoms with Gasteiger partial charge >= 0.3 is 0 Å². The third-order valence-corrected chi connectivity index (χ3v) is 6.40. The van der Waals surface area contributed by atoms with Gasteiger partial charge in [0.25, 0.3) is 5.91 Å². The van der Waals surface area contributed by atoms with Gasteiger partial charge in [0, 0.05) is 24.5 Å². The van der Waals surface area contributed by atoms with Gasteiger partial charge in [-0.1, -0.05) is 72.8 Å². The summed E-state index contributed by atoms with van der Waals surface area (Å²) in [6, 6.07) is 20.5. The first-order valence-corrected chi connectivity index (χ1v) is 11.2. The monoisotopic (exact) mass is 420 g/mol. The van der Waals surface area contributed by atoms with E-state index < -0.39 is 0 Å². The lowest BCUT2D eigenvalue weighted by Gasteiger charge is -2.35. The van der Waals surface area contributed by atoms with Crippen LogP contribution in [0.1, 0.15) is 59.3 Å². The lowest BCUT2D eigenvalue weighted by molar-refractivity contribution is 0.0609. The van der Waals surface area contributed by atoms with Crippen LogP contribution in [0.2, 0.25) is 5.02 Å². The molecule has 1 heterocycles. The minimum atomic E-state index is 0.0378. The molecule has 4 heteroatoms. The van der Waals surface area contributed by atoms with Gasteiger partial charge in [-0.15, -0.1) is 0 Å². The first-order valence-electron chi connectivity index (χ1n) is 10.9. The Morgan fingerprint density at radius 2 is 1.83 bits per heavy atom. The van der Waals surface area contributed by atoms with Crippen molar-refractivity contribution in [1.29, 1.82) is 0 Å². The van der Waals surface area contributed by atoms with E-state index in [2.05, 4.69) is 59.0 Å². The number of aromatic nitrogens is 1. The molecule has 1 amide bonds. The van der Waals surface area contributed by atoms with Gasteiger partial charge in [-0.2, -0.15) is 0 Å². The summed E-state index contributed by atoms with van der Waals surface area (Å²) in [7, 11) is 0. The van der Waals surface area contributed by atoms with Gasteiger partial charge in [0.15, 0.2) is 0 Å². The zero-order valence-electron chi connectivity index (χ0n) is 17.6. The summed E-state index contributed by atoms with van der Waals surface area (Å²) < 4.78 is 2.25. The Morgan fingerprint density at radius 1 is 1.03 bits per heavy atom. The second-order valence-corrected chi connectivity index (χ2v) is 8.73. The molecule has 30 heavy (non-hydrogen) atoms. The zero-order chi connectivity index (χ0) is 20.9. The summed E-state index contributed by atoms with van der Waals surface area (Å²) >= 11 is 6.38. The van der Waals surface area contributed by atoms with Crippen LogP contribution in [0.3, 0.4) is 0 Å². The van der Waals surface area contributed by atoms with E-state index in [1.807, 2.05) is 18.2 Å². The van der Waals surface area contributed by atoms with Crippen molar-refractivity contribution in [3.05, 3.63) is 94.3 Å². The quantitative estimate of drug-likeness (QED) is 0.448. The van der Waals surface area contributed by atoms with Crippen molar-refractivity contribution in [3.63, 3.8) is 0 Å². The van der Waals surface area contributed by atoms with Crippen LogP contribution in [-0.2, 0) is 13.1 Å². The van der Waals surface area contributed by atoms with Crippen LogP contribution in [0, 0.1) is 6.92 Å². The van der Waals surface area contributed by atoms with Crippen LogP contribution in [0.15, 0.2) is 66.9 Å². The van der Waals surface area contributed by atoms with Crippen molar-refractivity contribution in [2.75, 3.05) is 0 Å². The zero-order valence-corrected chi connectivity index (χ0v) is 18.3. The Labute approximate surface area is 184 Å². The number of rotatable bonds is 6. The molecule has 0 atom stereocenters. The lowest BCUT2D eigenvalue weighted by atomic mass is 9.93. The number of hydrogen-bond acceptors (Lipinski definition) is 1. The molecule has 1 aliphatic rings. The predicted molar refractivity (Wildman–Crippen MR) is 123 cm³/mol. The second kappa shape index (κ2) is 9.53. The highest BCUT2D eigenvalue weighted by Gasteiger charge is 2.28. The Bertz CT molecular complexity index is 1000. The summed E-state index contributed by atoms with van der Waals surface area (Å²) in [5, 5.41) is 0.526. The van der Waals surface area contributed by atoms with Gasteiger partial charge < -0.3 is 9.47 Å². The molecule has 156 valence electrons. The molecule has 1 aromatic heterocycles. The highest BCUT2D eigenvalue weighted by atomic mass is 35.5. The Kier molecular flexibility index (Phi) is 6.59. The van der Waals surface area contributed by atoms with Crippen molar-refractivity contribution in [1.82, 2.24) is 9.47 Å². The summed E-state index contributed by atoms with van der Waals surface area (Å²) in [6.07, 6.45) is 7.86. The average molecular weight is 421 g/mol. The fraction of sp³-hybridized carbons (Fsp3) is 0.346. The molecule has 0 bridgehead atoms. The number of carbonyl (C=O) groups excluding carboxylic acids is 1. The van der Waals surface area contributed by atoms with Crippen molar-refractivity contribution >= 4 is 17.5 Å². The van der Waals surface area contributed by atoms with E-state index in [9.17, 15) is 4.79 Å². The molecule has 3 nitrogen and oxygen atoms in total. The second-order valence-electron chi connectivity index (χ2n) is 8.32. The maximum Gasteiger partial charge on any atom is 0.255 e. The summed E-state index contributed by atoms with van der Waals surface area (Å²) in [5.41, 5.74) is 4.29. The summed E-state index contributed by atoms with van der Waals surface area (Å²) in [5.74, 6) is 0.0378. The van der Waals surface area contributed by atoms with Crippen molar-refractivity contribution < 1.29 is 4.79 Å². The molecule has 0 unspecified atom stereocenters. The van der Waals surface area contributed by atoms with Crippen LogP contribution in [-0.4, -0.2) is 21.4 Å². The van der Waals surface area contributed by atoms with Crippen molar-refractivity contribution in [2.24, 2.45) is 0 Å². The number of amides is 1. The smallest absolute Gasteiger partial charge is 0.255 e. The minimum Gasteiger partial charge on any atom is -0.345 e. The molecule has 0 aliphatic heterocycles. The van der Waals surface area contributed by atoms with Gasteiger partial charge in [0.2, 0.25) is 0 Å². The lowest BCUT2D eigenvalue weighted by Crippen LogP contribution is -2.41. The Morgan fingerprint density at radius 3 is 2.60 bits per heavy atom. The van der Waals surface area contributed by atoms with E-state index in [-0.39, 0.29) is 11.9 Å². The molecular weight excluding hydrogens is 392 g/mol. The first kappa shape index (κ1) is 20.7. The third-order valence-electron chi connectivity index (χ3n) is 6.07. The van der Waals surface area contributed by atoms with Crippen LogP contribution >= 0.6 is 11.6 Å². The maximum atomic E-state index is 13.5. The molecule has 1 aliphatic carbocycles. The average Bonchev–Trinajstić information content (AvgIpc) is 3.19. The highest BCUT2D eigenvalue weighted by Crippen LogP contribution is 2.28. The molecule has 0 saturated heterocycles. The van der Waals surface area contributed by atoms with Gasteiger partial charge in [-0.3, -0.25) is 4.79 Å². The van der Waals surface area contributed by atoms with E-state index in [1.54, 1.807) is 6.07 Å². The topological polar surface area (TPSA) is 25.2 Å². The van der Waals surface area contributed by atoms with Crippen molar-refractivity contribution in [3.8, 4) is 0 Å². The SMILES string of the molecule is Cc1cccc(Cn2cccc2CN(C(=O)c2ccccc2Cl)C2CCCCC2)c1. The van der Waals surface area contributed by atoms with Crippen LogP contribution in [0.4, 0.5) is 0 Å². The van der Waals surface area contributed by atoms with E-state index in [0.29, 0.717) is 17.1 Å². The molecule has 0 radical (unpaired) electrons. The number of nitrogens with zero attached hydrogens (tertiary/aromatic N) is 2. The molecule has 4 rings (SSSR count). The third kappa shape index (κ3) is 4.79. The summed E-state index contributed by atoms with van der Waals surface area (Å²) in [6.45, 7) is 3.53. The molecule has 1 saturated carbocycles. The predicted octanol–water partition coefficient (Wildman–Crippen LogP) is 6.47. The van der Waals surface area contributed by atoms with Gasteiger partial charge in [0.1, 0.15) is 0 Å². The normalized spacial score (nSPS) is 14.6. The number of aryl methyl sites for hydroxylation is 1. The molecule has 1 fully saturated rings. The number of hydrogen-bond donors (Lipinski definition) is 0. The van der Waals surface area contributed by atoms with E-state index in [1.165, 1.54) is 30.4 Å². The molecule has 2 aromatic carbocycles. The van der Waals surface area contributed by atoms with Gasteiger partial charge in [-0.25, -0.2) is 0 Å². The minimum absolute atomic E-state index is 0.0378. The van der Waals surface area contributed by atoms with E-state index in [4.69, 9.17) is 11.6 Å². The molecule has 0 spiro atoms. The number of carbonyl (C=O) groups is 1. The molecule has 3 aromatic rings. The molecule has 0 N–H and O–H groups in total. The van der Waals surface area contributed by atoms with Crippen LogP contribution < -0.4 is 0 Å². The highest BCUT2D eigenvalue weighted by molar-refractivity contribution is 6.33. The fourth-order valence-electron chi connectivity index (χ4n) is 4.48. The largest absolute Gasteiger partial charge is 0.345 e. The van der Waals surface area contributed by atoms with Gasteiger partial charge in [0.05, 0.1) is 17.1 Å². The maximum absolute atomic E-state index is 13.5. The van der Waals surface area contributed by atoms with E-state index >= 15 is 0 Å². The first-order chi connectivity index (χ1) is 14.6. The Balaban J connectivity index is 1.60. The Hall–Kier alpha value is -2.52. The standard InChI is InChI=1S/C26H29ClN2O/c1-20-9-7-10-21(17-20)18-28-16-8-13-23(28)19-29(22-11-3-2-4-12-22)26(30)24-14-5-6-15-25(24)27/h5-10,13-17,22H,2-4,11-12,18-19H2,1H3. The van der Waals surface area contributed by atoms with Crippen molar-refractivity contribution in [2.45, 2.75) is 58.2 Å². The van der Waals surface area contributed by atoms with Crippen LogP contribution in [0.5, 0.6) is 0 Å². The van der Waals surface area contributed by atoms with Gasteiger partial charge in [-0.05, 0) is 49.6 Å². The number of halogens is 1. The summed E-state index contributed by atoms with van der Waals surface area (Å²) in [4.78, 5) is 15.6. The molecular formula is C26H29ClN2O. The van der Waals surface area contributed by atoms with Crippen LogP contribution in [0.25, 0.3) is 0 Å². The van der Waals surface area contributed by atoms with E-state index in [0.717, 1.165) is 25.1 Å². The number of benzene rings is 2.